The van der Waals surface area contributed by atoms with Gasteiger partial charge in [0.2, 0.25) is 5.91 Å². The van der Waals surface area contributed by atoms with Crippen molar-refractivity contribution in [3.05, 3.63) is 104 Å². The molecule has 0 aliphatic heterocycles. The maximum atomic E-state index is 13.5. The number of non-ortho nitro benzene ring substituents is 1. The number of hydrogen-bond donors (Lipinski definition) is 2. The number of aryl methyl sites for hydroxylation is 1. The van der Waals surface area contributed by atoms with Gasteiger partial charge < -0.3 is 10.6 Å². The Balaban J connectivity index is 1.52. The van der Waals surface area contributed by atoms with Crippen molar-refractivity contribution in [1.82, 2.24) is 0 Å². The molecule has 0 radical (unpaired) electrons. The molecule has 1 aliphatic rings. The summed E-state index contributed by atoms with van der Waals surface area (Å²) in [5.74, 6) is -0.405. The van der Waals surface area contributed by atoms with Crippen LogP contribution >= 0.6 is 23.1 Å². The number of fused-ring (bicyclic) bond motifs is 1. The van der Waals surface area contributed by atoms with Gasteiger partial charge in [-0.15, -0.1) is 11.3 Å². The Kier molecular flexibility index (Phi) is 8.37. The first kappa shape index (κ1) is 27.3. The van der Waals surface area contributed by atoms with Crippen LogP contribution in [0.2, 0.25) is 0 Å². The maximum Gasteiger partial charge on any atom is 0.270 e. The summed E-state index contributed by atoms with van der Waals surface area (Å²) in [4.78, 5) is 43.7. The maximum absolute atomic E-state index is 13.5. The number of nitro groups is 1. The number of carbonyl (C=O) groups excluding carboxylic acids is 2. The summed E-state index contributed by atoms with van der Waals surface area (Å²) in [6, 6.07) is 21.3. The van der Waals surface area contributed by atoms with Gasteiger partial charge in [0.25, 0.3) is 11.6 Å². The van der Waals surface area contributed by atoms with Crippen LogP contribution in [0.25, 0.3) is 0 Å². The Morgan fingerprint density at radius 2 is 1.73 bits per heavy atom. The highest BCUT2D eigenvalue weighted by Gasteiger charge is 2.25. The third-order valence-corrected chi connectivity index (χ3v) is 8.72. The zero-order valence-electron chi connectivity index (χ0n) is 21.7. The number of anilines is 2. The third kappa shape index (κ3) is 6.30. The second kappa shape index (κ2) is 12.3. The summed E-state index contributed by atoms with van der Waals surface area (Å²) in [5.41, 5.74) is 3.43. The zero-order chi connectivity index (χ0) is 28.1. The molecule has 0 bridgehead atoms. The van der Waals surface area contributed by atoms with Crippen molar-refractivity contribution in [1.29, 1.82) is 0 Å². The lowest BCUT2D eigenvalue weighted by Crippen LogP contribution is -2.14. The standard InChI is InChI=1S/C30H26N4O4S2/c1-19(35)32-24-12-6-8-14-27(24)39-25-16-15-22(34(37)38)17-20(25)18-31-30-28(23-11-5-7-13-26(23)40-30)29(36)33-21-9-3-2-4-10-21/h2-4,6,8-10,12,14-18H,5,7,11,13H2,1H3,(H,32,35)(H,33,36). The lowest BCUT2D eigenvalue weighted by Gasteiger charge is -2.13. The van der Waals surface area contributed by atoms with E-state index in [2.05, 4.69) is 10.6 Å². The first-order chi connectivity index (χ1) is 19.4. The van der Waals surface area contributed by atoms with E-state index in [4.69, 9.17) is 4.99 Å². The molecule has 8 nitrogen and oxygen atoms in total. The van der Waals surface area contributed by atoms with Gasteiger partial charge in [-0.1, -0.05) is 42.1 Å². The minimum atomic E-state index is -0.445. The van der Waals surface area contributed by atoms with Gasteiger partial charge in [-0.3, -0.25) is 19.7 Å². The molecular weight excluding hydrogens is 544 g/mol. The van der Waals surface area contributed by atoms with E-state index in [9.17, 15) is 19.7 Å². The number of nitrogens with one attached hydrogen (secondary N) is 2. The molecule has 0 fully saturated rings. The molecule has 0 atom stereocenters. The number of nitrogens with zero attached hydrogens (tertiary/aromatic N) is 2. The Hall–Kier alpha value is -4.28. The molecule has 1 heterocycles. The number of para-hydroxylation sites is 2. The first-order valence-electron chi connectivity index (χ1n) is 12.8. The monoisotopic (exact) mass is 570 g/mol. The van der Waals surface area contributed by atoms with Gasteiger partial charge in [-0.05, 0) is 61.6 Å². The fourth-order valence-corrected chi connectivity index (χ4v) is 6.74. The van der Waals surface area contributed by atoms with Crippen LogP contribution in [-0.2, 0) is 17.6 Å². The van der Waals surface area contributed by atoms with E-state index in [0.717, 1.165) is 45.9 Å². The first-order valence-corrected chi connectivity index (χ1v) is 14.4. The molecule has 3 aromatic carbocycles. The van der Waals surface area contributed by atoms with E-state index in [0.29, 0.717) is 27.5 Å². The highest BCUT2D eigenvalue weighted by atomic mass is 32.2. The molecular formula is C30H26N4O4S2. The zero-order valence-corrected chi connectivity index (χ0v) is 23.3. The molecule has 202 valence electrons. The van der Waals surface area contributed by atoms with Crippen molar-refractivity contribution in [2.24, 2.45) is 4.99 Å². The normalized spacial score (nSPS) is 12.6. The number of hydrogen-bond acceptors (Lipinski definition) is 7. The minimum absolute atomic E-state index is 0.0616. The van der Waals surface area contributed by atoms with Crippen molar-refractivity contribution in [3.8, 4) is 0 Å². The minimum Gasteiger partial charge on any atom is -0.325 e. The molecule has 40 heavy (non-hydrogen) atoms. The molecule has 0 saturated carbocycles. The van der Waals surface area contributed by atoms with E-state index in [-0.39, 0.29) is 17.5 Å². The summed E-state index contributed by atoms with van der Waals surface area (Å²) < 4.78 is 0. The largest absolute Gasteiger partial charge is 0.325 e. The van der Waals surface area contributed by atoms with Gasteiger partial charge in [0.1, 0.15) is 5.00 Å². The van der Waals surface area contributed by atoms with Crippen LogP contribution in [0.5, 0.6) is 0 Å². The second-order valence-corrected chi connectivity index (χ2v) is 11.4. The summed E-state index contributed by atoms with van der Waals surface area (Å²) >= 11 is 2.88. The summed E-state index contributed by atoms with van der Waals surface area (Å²) in [6.45, 7) is 1.44. The highest BCUT2D eigenvalue weighted by Crippen LogP contribution is 2.41. The van der Waals surface area contributed by atoms with Crippen molar-refractivity contribution < 1.29 is 14.5 Å². The van der Waals surface area contributed by atoms with Gasteiger partial charge in [0, 0.05) is 51.2 Å². The van der Waals surface area contributed by atoms with Crippen LogP contribution in [0.1, 0.15) is 46.1 Å². The molecule has 4 aromatic rings. The molecule has 5 rings (SSSR count). The van der Waals surface area contributed by atoms with E-state index in [1.165, 1.54) is 42.2 Å². The van der Waals surface area contributed by atoms with Gasteiger partial charge in [0.05, 0.1) is 16.2 Å². The number of carbonyl (C=O) groups is 2. The summed E-state index contributed by atoms with van der Waals surface area (Å²) in [7, 11) is 0. The summed E-state index contributed by atoms with van der Waals surface area (Å²) in [5, 5.41) is 18.0. The smallest absolute Gasteiger partial charge is 0.270 e. The van der Waals surface area contributed by atoms with Crippen molar-refractivity contribution in [2.45, 2.75) is 42.4 Å². The predicted molar refractivity (Wildman–Crippen MR) is 161 cm³/mol. The van der Waals surface area contributed by atoms with Gasteiger partial charge >= 0.3 is 0 Å². The van der Waals surface area contributed by atoms with Crippen molar-refractivity contribution in [3.63, 3.8) is 0 Å². The Bertz CT molecular complexity index is 1620. The molecule has 0 spiro atoms. The highest BCUT2D eigenvalue weighted by molar-refractivity contribution is 7.99. The van der Waals surface area contributed by atoms with E-state index >= 15 is 0 Å². The van der Waals surface area contributed by atoms with Crippen LogP contribution < -0.4 is 10.6 Å². The van der Waals surface area contributed by atoms with E-state index in [1.54, 1.807) is 18.3 Å². The fraction of sp³-hybridized carbons (Fsp3) is 0.167. The predicted octanol–water partition coefficient (Wildman–Crippen LogP) is 7.65. The van der Waals surface area contributed by atoms with Crippen LogP contribution in [-0.4, -0.2) is 23.0 Å². The van der Waals surface area contributed by atoms with E-state index < -0.39 is 4.92 Å². The number of aliphatic imine (C=N–C) groups is 1. The van der Waals surface area contributed by atoms with Crippen LogP contribution in [0.3, 0.4) is 0 Å². The molecule has 0 unspecified atom stereocenters. The lowest BCUT2D eigenvalue weighted by atomic mass is 9.95. The molecule has 2 amide bonds. The molecule has 1 aliphatic carbocycles. The number of rotatable bonds is 8. The Morgan fingerprint density at radius 3 is 2.50 bits per heavy atom. The van der Waals surface area contributed by atoms with Crippen LogP contribution in [0.15, 0.2) is 87.6 Å². The van der Waals surface area contributed by atoms with E-state index in [1.807, 2.05) is 48.5 Å². The van der Waals surface area contributed by atoms with Gasteiger partial charge in [-0.2, -0.15) is 0 Å². The molecule has 2 N–H and O–H groups in total. The van der Waals surface area contributed by atoms with Gasteiger partial charge in [-0.25, -0.2) is 4.99 Å². The number of amides is 2. The molecule has 0 saturated heterocycles. The van der Waals surface area contributed by atoms with Crippen molar-refractivity contribution >= 4 is 63.2 Å². The number of nitro benzene ring substituents is 1. The van der Waals surface area contributed by atoms with Crippen LogP contribution in [0.4, 0.5) is 22.1 Å². The quantitative estimate of drug-likeness (QED) is 0.128. The molecule has 1 aromatic heterocycles. The second-order valence-electron chi connectivity index (χ2n) is 9.23. The SMILES string of the molecule is CC(=O)Nc1ccccc1Sc1ccc([N+](=O)[O-])cc1C=Nc1sc2c(c1C(=O)Nc1ccccc1)CCCC2. The van der Waals surface area contributed by atoms with Crippen molar-refractivity contribution in [2.75, 3.05) is 10.6 Å². The summed E-state index contributed by atoms with van der Waals surface area (Å²) in [6.07, 6.45) is 5.39. The number of thiophene rings is 1. The Labute approximate surface area is 239 Å². The number of benzene rings is 3. The average molecular weight is 571 g/mol. The molecule has 10 heteroatoms. The third-order valence-electron chi connectivity index (χ3n) is 6.35. The topological polar surface area (TPSA) is 114 Å². The fourth-order valence-electron chi connectivity index (χ4n) is 4.53. The van der Waals surface area contributed by atoms with Crippen LogP contribution in [0, 0.1) is 10.1 Å². The van der Waals surface area contributed by atoms with Gasteiger partial charge in [0.15, 0.2) is 0 Å². The lowest BCUT2D eigenvalue weighted by molar-refractivity contribution is -0.384. The average Bonchev–Trinajstić information content (AvgIpc) is 3.32. The Morgan fingerprint density at radius 1 is 0.975 bits per heavy atom.